The van der Waals surface area contributed by atoms with E-state index in [9.17, 15) is 5.11 Å². The van der Waals surface area contributed by atoms with E-state index in [1.165, 1.54) is 12.8 Å². The van der Waals surface area contributed by atoms with Crippen molar-refractivity contribution in [2.75, 3.05) is 20.3 Å². The van der Waals surface area contributed by atoms with Gasteiger partial charge in [0.1, 0.15) is 0 Å². The van der Waals surface area contributed by atoms with Gasteiger partial charge in [0, 0.05) is 20.3 Å². The second kappa shape index (κ2) is 8.08. The molecule has 1 fully saturated rings. The number of rotatable bonds is 8. The highest BCUT2D eigenvalue weighted by Crippen LogP contribution is 2.18. The quantitative estimate of drug-likeness (QED) is 0.632. The summed E-state index contributed by atoms with van der Waals surface area (Å²) in [6.07, 6.45) is 7.65. The van der Waals surface area contributed by atoms with Gasteiger partial charge in [-0.2, -0.15) is 0 Å². The normalized spacial score (nSPS) is 23.2. The zero-order valence-corrected chi connectivity index (χ0v) is 9.78. The number of methoxy groups -OCH3 is 1. The van der Waals surface area contributed by atoms with Crippen LogP contribution < -0.4 is 0 Å². The van der Waals surface area contributed by atoms with Crippen LogP contribution in [0.1, 0.15) is 44.9 Å². The van der Waals surface area contributed by atoms with Crippen LogP contribution in [0, 0.1) is 0 Å². The minimum absolute atomic E-state index is 0.151. The number of aliphatic hydroxyl groups excluding tert-OH is 1. The number of ether oxygens (including phenoxy) is 2. The van der Waals surface area contributed by atoms with Crippen LogP contribution in [0.15, 0.2) is 0 Å². The molecule has 0 aromatic carbocycles. The molecule has 1 N–H and O–H groups in total. The Kier molecular flexibility index (Phi) is 6.98. The molecule has 0 saturated carbocycles. The maximum atomic E-state index is 9.65. The first-order valence-electron chi connectivity index (χ1n) is 6.11. The van der Waals surface area contributed by atoms with Gasteiger partial charge in [0.2, 0.25) is 0 Å². The van der Waals surface area contributed by atoms with E-state index in [0.29, 0.717) is 6.10 Å². The van der Waals surface area contributed by atoms with Crippen LogP contribution in [0.3, 0.4) is 0 Å². The Balaban J connectivity index is 1.89. The molecule has 0 aromatic rings. The Morgan fingerprint density at radius 1 is 1.40 bits per heavy atom. The second-order valence-corrected chi connectivity index (χ2v) is 4.35. The smallest absolute Gasteiger partial charge is 0.0576 e. The molecule has 0 radical (unpaired) electrons. The van der Waals surface area contributed by atoms with Crippen LogP contribution in [0.5, 0.6) is 0 Å². The molecule has 15 heavy (non-hydrogen) atoms. The molecule has 1 rings (SSSR count). The van der Waals surface area contributed by atoms with E-state index < -0.39 is 0 Å². The molecule has 0 aliphatic carbocycles. The van der Waals surface area contributed by atoms with E-state index in [-0.39, 0.29) is 6.10 Å². The first kappa shape index (κ1) is 12.9. The first-order valence-corrected chi connectivity index (χ1v) is 6.11. The van der Waals surface area contributed by atoms with Crippen LogP contribution in [0.25, 0.3) is 0 Å². The van der Waals surface area contributed by atoms with Crippen molar-refractivity contribution in [3.63, 3.8) is 0 Å². The molecule has 1 aliphatic rings. The van der Waals surface area contributed by atoms with Gasteiger partial charge >= 0.3 is 0 Å². The molecule has 2 unspecified atom stereocenters. The maximum Gasteiger partial charge on any atom is 0.0576 e. The fourth-order valence-corrected chi connectivity index (χ4v) is 2.06. The predicted molar refractivity (Wildman–Crippen MR) is 59.9 cm³/mol. The van der Waals surface area contributed by atoms with Gasteiger partial charge in [0.05, 0.1) is 12.2 Å². The fraction of sp³-hybridized carbons (Fsp3) is 1.00. The Labute approximate surface area is 92.8 Å². The summed E-state index contributed by atoms with van der Waals surface area (Å²) in [5.74, 6) is 0. The molecule has 2 atom stereocenters. The van der Waals surface area contributed by atoms with Crippen molar-refractivity contribution in [1.29, 1.82) is 0 Å². The van der Waals surface area contributed by atoms with E-state index in [2.05, 4.69) is 0 Å². The van der Waals surface area contributed by atoms with E-state index in [4.69, 9.17) is 9.47 Å². The topological polar surface area (TPSA) is 38.7 Å². The summed E-state index contributed by atoms with van der Waals surface area (Å²) in [7, 11) is 1.70. The van der Waals surface area contributed by atoms with E-state index in [0.717, 1.165) is 45.3 Å². The van der Waals surface area contributed by atoms with Crippen molar-refractivity contribution in [2.45, 2.75) is 57.2 Å². The first-order chi connectivity index (χ1) is 7.33. The molecule has 1 aliphatic heterocycles. The van der Waals surface area contributed by atoms with Crippen LogP contribution >= 0.6 is 0 Å². The summed E-state index contributed by atoms with van der Waals surface area (Å²) in [6, 6.07) is 0. The highest BCUT2D eigenvalue weighted by molar-refractivity contribution is 4.66. The number of aliphatic hydroxyl groups is 1. The zero-order valence-electron chi connectivity index (χ0n) is 9.78. The molecule has 0 bridgehead atoms. The van der Waals surface area contributed by atoms with Crippen LogP contribution in [-0.2, 0) is 9.47 Å². The number of hydrogen-bond donors (Lipinski definition) is 1. The van der Waals surface area contributed by atoms with Crippen molar-refractivity contribution in [1.82, 2.24) is 0 Å². The van der Waals surface area contributed by atoms with Gasteiger partial charge < -0.3 is 14.6 Å². The van der Waals surface area contributed by atoms with E-state index in [1.54, 1.807) is 7.11 Å². The van der Waals surface area contributed by atoms with Gasteiger partial charge in [-0.1, -0.05) is 0 Å². The minimum atomic E-state index is -0.151. The SMILES string of the molecule is COCCCC(O)CCCC1CCCO1. The van der Waals surface area contributed by atoms with Crippen LogP contribution in [0.4, 0.5) is 0 Å². The highest BCUT2D eigenvalue weighted by Gasteiger charge is 2.15. The fourth-order valence-electron chi connectivity index (χ4n) is 2.06. The van der Waals surface area contributed by atoms with Crippen LogP contribution in [0.2, 0.25) is 0 Å². The predicted octanol–water partition coefficient (Wildman–Crippen LogP) is 2.12. The lowest BCUT2D eigenvalue weighted by Gasteiger charge is -2.12. The van der Waals surface area contributed by atoms with Gasteiger partial charge in [0.15, 0.2) is 0 Å². The molecule has 0 spiro atoms. The molecule has 0 aromatic heterocycles. The Morgan fingerprint density at radius 2 is 2.20 bits per heavy atom. The molecule has 3 heteroatoms. The van der Waals surface area contributed by atoms with Gasteiger partial charge in [-0.15, -0.1) is 0 Å². The summed E-state index contributed by atoms with van der Waals surface area (Å²) >= 11 is 0. The van der Waals surface area contributed by atoms with Crippen molar-refractivity contribution in [3.8, 4) is 0 Å². The molecule has 1 heterocycles. The highest BCUT2D eigenvalue weighted by atomic mass is 16.5. The van der Waals surface area contributed by atoms with E-state index in [1.807, 2.05) is 0 Å². The molecule has 90 valence electrons. The lowest BCUT2D eigenvalue weighted by Crippen LogP contribution is -2.10. The lowest BCUT2D eigenvalue weighted by molar-refractivity contribution is 0.0905. The summed E-state index contributed by atoms with van der Waals surface area (Å²) < 4.78 is 10.5. The van der Waals surface area contributed by atoms with Crippen molar-refractivity contribution in [3.05, 3.63) is 0 Å². The third-order valence-corrected chi connectivity index (χ3v) is 2.97. The molecular formula is C12H24O3. The maximum absolute atomic E-state index is 9.65. The lowest BCUT2D eigenvalue weighted by atomic mass is 10.0. The molecule has 1 saturated heterocycles. The standard InChI is InChI=1S/C12H24O3/c1-14-9-3-6-11(13)5-2-7-12-8-4-10-15-12/h11-13H,2-10H2,1H3. The largest absolute Gasteiger partial charge is 0.393 e. The van der Waals surface area contributed by atoms with E-state index >= 15 is 0 Å². The van der Waals surface area contributed by atoms with Gasteiger partial charge in [-0.25, -0.2) is 0 Å². The van der Waals surface area contributed by atoms with Crippen LogP contribution in [-0.4, -0.2) is 37.6 Å². The summed E-state index contributed by atoms with van der Waals surface area (Å²) in [6.45, 7) is 1.68. The third kappa shape index (κ3) is 6.13. The van der Waals surface area contributed by atoms with Gasteiger partial charge in [-0.3, -0.25) is 0 Å². The molecule has 0 amide bonds. The summed E-state index contributed by atoms with van der Waals surface area (Å²) in [5, 5.41) is 9.65. The minimum Gasteiger partial charge on any atom is -0.393 e. The average Bonchev–Trinajstić information content (AvgIpc) is 2.71. The average molecular weight is 216 g/mol. The van der Waals surface area contributed by atoms with Gasteiger partial charge in [0.25, 0.3) is 0 Å². The Bertz CT molecular complexity index is 144. The van der Waals surface area contributed by atoms with Crippen molar-refractivity contribution >= 4 is 0 Å². The Morgan fingerprint density at radius 3 is 2.87 bits per heavy atom. The summed E-state index contributed by atoms with van der Waals surface area (Å²) in [5.41, 5.74) is 0. The molecular weight excluding hydrogens is 192 g/mol. The third-order valence-electron chi connectivity index (χ3n) is 2.97. The zero-order chi connectivity index (χ0) is 10.9. The van der Waals surface area contributed by atoms with Gasteiger partial charge in [-0.05, 0) is 44.9 Å². The Hall–Kier alpha value is -0.120. The number of hydrogen-bond acceptors (Lipinski definition) is 3. The molecule has 3 nitrogen and oxygen atoms in total. The summed E-state index contributed by atoms with van der Waals surface area (Å²) in [4.78, 5) is 0. The van der Waals surface area contributed by atoms with Crippen molar-refractivity contribution in [2.24, 2.45) is 0 Å². The monoisotopic (exact) mass is 216 g/mol. The second-order valence-electron chi connectivity index (χ2n) is 4.35. The van der Waals surface area contributed by atoms with Crippen molar-refractivity contribution < 1.29 is 14.6 Å².